The van der Waals surface area contributed by atoms with Crippen LogP contribution >= 0.6 is 0 Å². The highest BCUT2D eigenvalue weighted by molar-refractivity contribution is 5.90. The number of carboxylic acid groups (broad SMARTS) is 2. The van der Waals surface area contributed by atoms with E-state index in [0.29, 0.717) is 23.4 Å². The third-order valence-corrected chi connectivity index (χ3v) is 7.92. The second-order valence-corrected chi connectivity index (χ2v) is 10.0. The molecule has 11 heteroatoms. The summed E-state index contributed by atoms with van der Waals surface area (Å²) >= 11 is 0. The number of carboxylic acids is 2. The quantitative estimate of drug-likeness (QED) is 0.488. The van der Waals surface area contributed by atoms with Crippen molar-refractivity contribution in [2.75, 3.05) is 18.9 Å². The number of carbonyl (C=O) groups excluding carboxylic acids is 1. The Bertz CT molecular complexity index is 1220. The van der Waals surface area contributed by atoms with Gasteiger partial charge in [-0.1, -0.05) is 18.9 Å². The first-order valence-corrected chi connectivity index (χ1v) is 12.4. The number of likely N-dealkylation sites (tertiary alicyclic amines) is 1. The minimum absolute atomic E-state index is 0.173. The van der Waals surface area contributed by atoms with E-state index in [0.717, 1.165) is 13.0 Å². The molecule has 3 aliphatic rings. The molecule has 1 amide bonds. The van der Waals surface area contributed by atoms with Crippen molar-refractivity contribution in [3.05, 3.63) is 59.2 Å². The molecule has 1 saturated carbocycles. The van der Waals surface area contributed by atoms with Crippen LogP contribution in [0.5, 0.6) is 5.75 Å². The molecule has 2 fully saturated rings. The van der Waals surface area contributed by atoms with Crippen LogP contribution in [-0.2, 0) is 16.6 Å². The number of piperidine rings is 1. The largest absolute Gasteiger partial charge is 0.490 e. The van der Waals surface area contributed by atoms with E-state index >= 15 is 0 Å². The Balaban J connectivity index is 0.000000426. The van der Waals surface area contributed by atoms with Crippen molar-refractivity contribution < 1.29 is 42.5 Å². The Kier molecular flexibility index (Phi) is 7.68. The van der Waals surface area contributed by atoms with Gasteiger partial charge in [0.2, 0.25) is 0 Å². The van der Waals surface area contributed by atoms with Gasteiger partial charge in [-0.2, -0.15) is 13.2 Å². The number of amides is 1. The molecule has 1 saturated heterocycles. The van der Waals surface area contributed by atoms with Crippen LogP contribution in [0, 0.1) is 5.92 Å². The molecule has 3 N–H and O–H groups in total. The Hall–Kier alpha value is -3.60. The topological polar surface area (TPSA) is 116 Å². The van der Waals surface area contributed by atoms with E-state index in [-0.39, 0.29) is 11.0 Å². The number of nitrogens with zero attached hydrogens (tertiary/aromatic N) is 1. The summed E-state index contributed by atoms with van der Waals surface area (Å²) in [5.41, 5.74) is 3.67. The predicted octanol–water partition coefficient (Wildman–Crippen LogP) is 5.32. The van der Waals surface area contributed by atoms with Crippen LogP contribution in [-0.4, -0.2) is 59.0 Å². The molecule has 1 heterocycles. The van der Waals surface area contributed by atoms with Gasteiger partial charge in [0.05, 0.1) is 5.56 Å². The lowest BCUT2D eigenvalue weighted by molar-refractivity contribution is -0.192. The molecule has 2 aliphatic carbocycles. The molecule has 1 aliphatic heterocycles. The molecule has 38 heavy (non-hydrogen) atoms. The third-order valence-electron chi connectivity index (χ3n) is 7.92. The Morgan fingerprint density at radius 2 is 1.74 bits per heavy atom. The number of alkyl halides is 3. The monoisotopic (exact) mass is 534 g/mol. The Morgan fingerprint density at radius 3 is 2.37 bits per heavy atom. The normalized spacial score (nSPS) is 24.1. The number of rotatable bonds is 3. The van der Waals surface area contributed by atoms with Gasteiger partial charge >= 0.3 is 24.2 Å². The number of aromatic carboxylic acids is 1. The van der Waals surface area contributed by atoms with E-state index in [1.807, 2.05) is 6.07 Å². The zero-order valence-corrected chi connectivity index (χ0v) is 20.8. The van der Waals surface area contributed by atoms with Gasteiger partial charge in [0.25, 0.3) is 0 Å². The van der Waals surface area contributed by atoms with E-state index in [9.17, 15) is 22.8 Å². The number of anilines is 1. The smallest absolute Gasteiger partial charge is 0.478 e. The maximum absolute atomic E-state index is 12.5. The van der Waals surface area contributed by atoms with Gasteiger partial charge in [-0.25, -0.2) is 14.4 Å². The first kappa shape index (κ1) is 27.4. The minimum atomic E-state index is -5.08. The molecule has 0 aromatic heterocycles. The molecule has 204 valence electrons. The van der Waals surface area contributed by atoms with Crippen LogP contribution in [0.1, 0.15) is 53.6 Å². The first-order chi connectivity index (χ1) is 17.9. The van der Waals surface area contributed by atoms with Crippen molar-refractivity contribution in [2.24, 2.45) is 5.92 Å². The van der Waals surface area contributed by atoms with Crippen LogP contribution in [0.3, 0.4) is 0 Å². The summed E-state index contributed by atoms with van der Waals surface area (Å²) in [7, 11) is 2.26. The molecule has 2 aromatic carbocycles. The highest BCUT2D eigenvalue weighted by Crippen LogP contribution is 2.55. The van der Waals surface area contributed by atoms with Crippen LogP contribution in [0.25, 0.3) is 0 Å². The van der Waals surface area contributed by atoms with Crippen LogP contribution in [0.4, 0.5) is 23.7 Å². The summed E-state index contributed by atoms with van der Waals surface area (Å²) in [6, 6.07) is 12.8. The number of hydrogen-bond donors (Lipinski definition) is 3. The molecule has 0 spiro atoms. The van der Waals surface area contributed by atoms with E-state index in [2.05, 4.69) is 29.4 Å². The van der Waals surface area contributed by atoms with Gasteiger partial charge in [0.1, 0.15) is 5.75 Å². The number of carbonyl (C=O) groups is 3. The number of halogens is 3. The van der Waals surface area contributed by atoms with Crippen molar-refractivity contribution in [3.8, 4) is 5.75 Å². The molecule has 0 radical (unpaired) electrons. The summed E-state index contributed by atoms with van der Waals surface area (Å²) in [6.07, 6.45) is 1.67. The lowest BCUT2D eigenvalue weighted by Crippen LogP contribution is -2.59. The molecule has 2 aromatic rings. The van der Waals surface area contributed by atoms with E-state index in [4.69, 9.17) is 19.7 Å². The standard InChI is InChI=1S/C25H28N2O4.C2HF3O2/c1-27-13-12-25-11-3-2-4-20(25)22(27)14-17-7-10-19(15-21(17)25)31-24(30)26-18-8-5-16(6-9-18)23(28)29;3-2(4,5)1(6)7/h5-10,15,20,22H,2-4,11-14H2,1H3,(H,26,30)(H,28,29);(H,6,7)/t20-,22+,25?;/m0./s1. The molecule has 1 unspecified atom stereocenters. The maximum Gasteiger partial charge on any atom is 0.490 e. The van der Waals surface area contributed by atoms with Crippen molar-refractivity contribution >= 4 is 23.7 Å². The van der Waals surface area contributed by atoms with Crippen LogP contribution in [0.15, 0.2) is 42.5 Å². The average Bonchev–Trinajstić information content (AvgIpc) is 2.86. The number of nitrogens with one attached hydrogen (secondary N) is 1. The first-order valence-electron chi connectivity index (χ1n) is 12.4. The van der Waals surface area contributed by atoms with Crippen molar-refractivity contribution in [1.82, 2.24) is 4.90 Å². The predicted molar refractivity (Wildman–Crippen MR) is 132 cm³/mol. The van der Waals surface area contributed by atoms with Gasteiger partial charge in [-0.15, -0.1) is 0 Å². The van der Waals surface area contributed by atoms with E-state index < -0.39 is 24.2 Å². The minimum Gasteiger partial charge on any atom is -0.478 e. The summed E-state index contributed by atoms with van der Waals surface area (Å²) < 4.78 is 37.4. The lowest BCUT2D eigenvalue weighted by Gasteiger charge is -2.58. The van der Waals surface area contributed by atoms with Gasteiger partial charge in [-0.3, -0.25) is 5.32 Å². The molecule has 3 atom stereocenters. The average molecular weight is 535 g/mol. The van der Waals surface area contributed by atoms with Gasteiger partial charge in [0.15, 0.2) is 0 Å². The zero-order valence-electron chi connectivity index (χ0n) is 20.8. The molecule has 2 bridgehead atoms. The summed E-state index contributed by atoms with van der Waals surface area (Å²) in [6.45, 7) is 1.12. The second kappa shape index (κ2) is 10.6. The maximum atomic E-state index is 12.5. The fourth-order valence-corrected chi connectivity index (χ4v) is 6.19. The number of fused-ring (bicyclic) bond motifs is 1. The Morgan fingerprint density at radius 1 is 1.05 bits per heavy atom. The lowest BCUT2D eigenvalue weighted by atomic mass is 9.52. The number of benzene rings is 2. The van der Waals surface area contributed by atoms with Crippen LogP contribution in [0.2, 0.25) is 0 Å². The second-order valence-electron chi connectivity index (χ2n) is 10.0. The molecule has 5 rings (SSSR count). The summed E-state index contributed by atoms with van der Waals surface area (Å²) in [5.74, 6) is -2.51. The van der Waals surface area contributed by atoms with E-state index in [1.165, 1.54) is 55.4 Å². The fraction of sp³-hybridized carbons (Fsp3) is 0.444. The summed E-state index contributed by atoms with van der Waals surface area (Å²) in [5, 5.41) is 18.8. The number of likely N-dealkylation sites (N-methyl/N-ethyl adjacent to an activating group) is 1. The van der Waals surface area contributed by atoms with Crippen molar-refractivity contribution in [2.45, 2.75) is 56.2 Å². The summed E-state index contributed by atoms with van der Waals surface area (Å²) in [4.78, 5) is 34.9. The number of ether oxygens (including phenoxy) is 1. The van der Waals surface area contributed by atoms with Gasteiger partial charge in [-0.05, 0) is 92.7 Å². The van der Waals surface area contributed by atoms with Crippen molar-refractivity contribution in [3.63, 3.8) is 0 Å². The zero-order chi connectivity index (χ0) is 27.7. The van der Waals surface area contributed by atoms with Gasteiger partial charge < -0.3 is 19.8 Å². The number of aliphatic carboxylic acids is 1. The SMILES string of the molecule is CN1CCC23CCCC[C@H]2[C@H]1Cc1ccc(OC(=O)Nc2ccc(C(=O)O)cc2)cc13.O=C(O)C(F)(F)F. The van der Waals surface area contributed by atoms with E-state index in [1.54, 1.807) is 12.1 Å². The number of hydrogen-bond acceptors (Lipinski definition) is 5. The van der Waals surface area contributed by atoms with Crippen LogP contribution < -0.4 is 10.1 Å². The molecular formula is C27H29F3N2O6. The highest BCUT2D eigenvalue weighted by Gasteiger charge is 2.53. The third kappa shape index (κ3) is 5.62. The molecule has 8 nitrogen and oxygen atoms in total. The molecular weight excluding hydrogens is 505 g/mol. The Labute approximate surface area is 217 Å². The van der Waals surface area contributed by atoms with Gasteiger partial charge in [0, 0.05) is 17.1 Å². The fourth-order valence-electron chi connectivity index (χ4n) is 6.19. The van der Waals surface area contributed by atoms with Crippen molar-refractivity contribution in [1.29, 1.82) is 0 Å². The highest BCUT2D eigenvalue weighted by atomic mass is 19.4.